The maximum Gasteiger partial charge on any atom is 0.253 e. The van der Waals surface area contributed by atoms with Gasteiger partial charge in [-0.25, -0.2) is 26.3 Å². The van der Waals surface area contributed by atoms with Crippen molar-refractivity contribution < 1.29 is 21.6 Å². The van der Waals surface area contributed by atoms with Crippen LogP contribution < -0.4 is 9.44 Å². The predicted molar refractivity (Wildman–Crippen MR) is 98.7 cm³/mol. The second kappa shape index (κ2) is 8.30. The van der Waals surface area contributed by atoms with Crippen LogP contribution in [0.4, 0.5) is 0 Å². The van der Waals surface area contributed by atoms with Crippen molar-refractivity contribution in [3.63, 3.8) is 0 Å². The highest BCUT2D eigenvalue weighted by Gasteiger charge is 2.25. The topological polar surface area (TPSA) is 113 Å². The normalized spacial score (nSPS) is 16.4. The summed E-state index contributed by atoms with van der Waals surface area (Å²) in [6.45, 7) is 4.46. The summed E-state index contributed by atoms with van der Waals surface area (Å²) < 4.78 is 51.5. The molecule has 1 aliphatic rings. The largest absolute Gasteiger partial charge is 0.339 e. The van der Waals surface area contributed by atoms with Crippen molar-refractivity contribution in [1.82, 2.24) is 14.3 Å². The lowest BCUT2D eigenvalue weighted by Gasteiger charge is -2.32. The second-order valence-electron chi connectivity index (χ2n) is 6.12. The molecule has 0 radical (unpaired) electrons. The molecule has 2 rings (SSSR count). The van der Waals surface area contributed by atoms with E-state index in [1.54, 1.807) is 4.90 Å². The maximum atomic E-state index is 12.5. The number of rotatable bonds is 7. The van der Waals surface area contributed by atoms with E-state index in [0.717, 1.165) is 6.26 Å². The van der Waals surface area contributed by atoms with Gasteiger partial charge in [0.05, 0.1) is 11.2 Å². The summed E-state index contributed by atoms with van der Waals surface area (Å²) in [5.74, 6) is -0.203. The average Bonchev–Trinajstić information content (AvgIpc) is 2.59. The molecule has 1 amide bonds. The Morgan fingerprint density at radius 2 is 1.77 bits per heavy atom. The number of hydrogen-bond donors (Lipinski definition) is 2. The van der Waals surface area contributed by atoms with Crippen molar-refractivity contribution in [2.75, 3.05) is 25.9 Å². The van der Waals surface area contributed by atoms with Crippen molar-refractivity contribution in [2.45, 2.75) is 23.8 Å². The molecule has 8 nitrogen and oxygen atoms in total. The quantitative estimate of drug-likeness (QED) is 0.639. The molecule has 1 heterocycles. The molecule has 0 aliphatic carbocycles. The highest BCUT2D eigenvalue weighted by molar-refractivity contribution is 7.89. The van der Waals surface area contributed by atoms with Gasteiger partial charge in [0.25, 0.3) is 5.91 Å². The molecule has 0 spiro atoms. The molecule has 1 aromatic carbocycles. The van der Waals surface area contributed by atoms with Gasteiger partial charge in [-0.1, -0.05) is 6.08 Å². The van der Waals surface area contributed by atoms with Gasteiger partial charge in [0.1, 0.15) is 0 Å². The summed E-state index contributed by atoms with van der Waals surface area (Å²) in [6, 6.07) is 5.56. The van der Waals surface area contributed by atoms with Gasteiger partial charge in [-0.3, -0.25) is 4.79 Å². The van der Waals surface area contributed by atoms with Gasteiger partial charge in [-0.15, -0.1) is 6.58 Å². The fourth-order valence-electron chi connectivity index (χ4n) is 2.71. The van der Waals surface area contributed by atoms with Crippen LogP contribution in [0.5, 0.6) is 0 Å². The van der Waals surface area contributed by atoms with Crippen LogP contribution in [0.3, 0.4) is 0 Å². The Balaban J connectivity index is 1.99. The minimum Gasteiger partial charge on any atom is -0.339 e. The zero-order valence-corrected chi connectivity index (χ0v) is 16.1. The molecule has 0 aromatic heterocycles. The Labute approximate surface area is 154 Å². The third-order valence-corrected chi connectivity index (χ3v) is 6.19. The third kappa shape index (κ3) is 5.63. The smallest absolute Gasteiger partial charge is 0.253 e. The van der Waals surface area contributed by atoms with E-state index in [9.17, 15) is 21.6 Å². The van der Waals surface area contributed by atoms with E-state index in [0.29, 0.717) is 31.5 Å². The Bertz CT molecular complexity index is 856. The minimum atomic E-state index is -3.63. The van der Waals surface area contributed by atoms with Crippen LogP contribution in [-0.2, 0) is 20.0 Å². The van der Waals surface area contributed by atoms with Crippen LogP contribution in [0.2, 0.25) is 0 Å². The molecule has 1 fully saturated rings. The molecule has 1 saturated heterocycles. The zero-order chi connectivity index (χ0) is 19.4. The van der Waals surface area contributed by atoms with Crippen molar-refractivity contribution in [3.05, 3.63) is 42.5 Å². The van der Waals surface area contributed by atoms with Crippen molar-refractivity contribution in [2.24, 2.45) is 0 Å². The van der Waals surface area contributed by atoms with Crippen LogP contribution >= 0.6 is 0 Å². The maximum absolute atomic E-state index is 12.5. The van der Waals surface area contributed by atoms with Crippen molar-refractivity contribution >= 4 is 26.0 Å². The number of carbonyl (C=O) groups is 1. The monoisotopic (exact) mass is 401 g/mol. The number of carbonyl (C=O) groups excluding carboxylic acids is 1. The molecule has 0 bridgehead atoms. The van der Waals surface area contributed by atoms with E-state index < -0.39 is 20.0 Å². The third-order valence-electron chi connectivity index (χ3n) is 3.99. The Kier molecular flexibility index (Phi) is 6.56. The lowest BCUT2D eigenvalue weighted by atomic mass is 10.0. The van der Waals surface area contributed by atoms with Gasteiger partial charge in [-0.2, -0.15) is 0 Å². The molecular formula is C16H23N3O5S2. The number of nitrogens with zero attached hydrogens (tertiary/aromatic N) is 1. The van der Waals surface area contributed by atoms with Gasteiger partial charge < -0.3 is 4.90 Å². The number of amides is 1. The van der Waals surface area contributed by atoms with E-state index >= 15 is 0 Å². The molecular weight excluding hydrogens is 378 g/mol. The van der Waals surface area contributed by atoms with Crippen LogP contribution in [0.15, 0.2) is 41.8 Å². The fraction of sp³-hybridized carbons (Fsp3) is 0.438. The van der Waals surface area contributed by atoms with Gasteiger partial charge >= 0.3 is 0 Å². The molecule has 144 valence electrons. The second-order valence-corrected chi connectivity index (χ2v) is 9.67. The Morgan fingerprint density at radius 3 is 2.27 bits per heavy atom. The highest BCUT2D eigenvalue weighted by atomic mass is 32.2. The van der Waals surface area contributed by atoms with Crippen LogP contribution in [0.1, 0.15) is 23.2 Å². The van der Waals surface area contributed by atoms with Gasteiger partial charge in [-0.05, 0) is 37.1 Å². The molecule has 0 saturated carbocycles. The number of hydrogen-bond acceptors (Lipinski definition) is 5. The predicted octanol–water partition coefficient (Wildman–Crippen LogP) is 0.305. The summed E-state index contributed by atoms with van der Waals surface area (Å²) in [5, 5.41) is 0. The molecule has 1 aliphatic heterocycles. The molecule has 2 N–H and O–H groups in total. The van der Waals surface area contributed by atoms with Crippen LogP contribution in [0, 0.1) is 0 Å². The highest BCUT2D eigenvalue weighted by Crippen LogP contribution is 2.16. The summed E-state index contributed by atoms with van der Waals surface area (Å²) in [4.78, 5) is 14.2. The molecule has 26 heavy (non-hydrogen) atoms. The summed E-state index contributed by atoms with van der Waals surface area (Å²) in [6.07, 6.45) is 3.63. The Morgan fingerprint density at radius 1 is 1.19 bits per heavy atom. The van der Waals surface area contributed by atoms with Crippen LogP contribution in [0.25, 0.3) is 0 Å². The first kappa shape index (κ1) is 20.6. The number of piperidine rings is 1. The average molecular weight is 402 g/mol. The number of nitrogens with one attached hydrogen (secondary N) is 2. The zero-order valence-electron chi connectivity index (χ0n) is 14.5. The number of likely N-dealkylation sites (tertiary alicyclic amines) is 1. The van der Waals surface area contributed by atoms with Gasteiger partial charge in [0, 0.05) is 31.2 Å². The Hall–Kier alpha value is -1.75. The van der Waals surface area contributed by atoms with Gasteiger partial charge in [0.2, 0.25) is 20.0 Å². The molecule has 1 aromatic rings. The van der Waals surface area contributed by atoms with Crippen LogP contribution in [-0.4, -0.2) is 59.6 Å². The van der Waals surface area contributed by atoms with E-state index in [1.165, 1.54) is 30.3 Å². The summed E-state index contributed by atoms with van der Waals surface area (Å²) >= 11 is 0. The first-order valence-electron chi connectivity index (χ1n) is 8.09. The van der Waals surface area contributed by atoms with E-state index in [4.69, 9.17) is 0 Å². The van der Waals surface area contributed by atoms with Gasteiger partial charge in [0.15, 0.2) is 0 Å². The lowest BCUT2D eigenvalue weighted by molar-refractivity contribution is 0.0711. The number of sulfonamides is 2. The SMILES string of the molecule is C=CCNS(=O)(=O)c1ccc(C(=O)N2CCC(NS(C)(=O)=O)CC2)cc1. The van der Waals surface area contributed by atoms with E-state index in [1.807, 2.05) is 0 Å². The standard InChI is InChI=1S/C16H23N3O5S2/c1-3-10-17-26(23,24)15-6-4-13(5-7-15)16(20)19-11-8-14(9-12-19)18-25(2,21)22/h3-7,14,17-18H,1,8-12H2,2H3. The first-order valence-corrected chi connectivity index (χ1v) is 11.5. The minimum absolute atomic E-state index is 0.0759. The molecule has 0 atom stereocenters. The first-order chi connectivity index (χ1) is 12.1. The van der Waals surface area contributed by atoms with E-state index in [2.05, 4.69) is 16.0 Å². The van der Waals surface area contributed by atoms with Crippen molar-refractivity contribution in [1.29, 1.82) is 0 Å². The number of benzene rings is 1. The lowest BCUT2D eigenvalue weighted by Crippen LogP contribution is -2.46. The van der Waals surface area contributed by atoms with Crippen molar-refractivity contribution in [3.8, 4) is 0 Å². The molecule has 10 heteroatoms. The molecule has 0 unspecified atom stereocenters. The summed E-state index contributed by atoms with van der Waals surface area (Å²) in [5.41, 5.74) is 0.391. The van der Waals surface area contributed by atoms with E-state index in [-0.39, 0.29) is 23.4 Å². The summed E-state index contributed by atoms with van der Waals surface area (Å²) in [7, 11) is -6.89. The fourth-order valence-corrected chi connectivity index (χ4v) is 4.55.